The van der Waals surface area contributed by atoms with Crippen molar-refractivity contribution in [2.24, 2.45) is 0 Å². The number of carbonyl (C=O) groups is 4. The molecular formula is C26H14N4O5. The van der Waals surface area contributed by atoms with Crippen molar-refractivity contribution in [1.82, 2.24) is 9.97 Å². The van der Waals surface area contributed by atoms with E-state index >= 15 is 0 Å². The zero-order chi connectivity index (χ0) is 24.1. The Kier molecular flexibility index (Phi) is 4.49. The highest BCUT2D eigenvalue weighted by atomic mass is 16.5. The smallest absolute Gasteiger partial charge is 0.266 e. The number of hydrogen-bond donors (Lipinski definition) is 0. The van der Waals surface area contributed by atoms with Crippen LogP contribution in [0.5, 0.6) is 11.5 Å². The van der Waals surface area contributed by atoms with Crippen LogP contribution in [0.25, 0.3) is 0 Å². The Balaban J connectivity index is 1.29. The molecule has 6 rings (SSSR count). The lowest BCUT2D eigenvalue weighted by atomic mass is 10.1. The van der Waals surface area contributed by atoms with E-state index in [0.29, 0.717) is 22.9 Å². The number of ether oxygens (including phenoxy) is 1. The predicted octanol–water partition coefficient (Wildman–Crippen LogP) is 3.87. The first-order valence-corrected chi connectivity index (χ1v) is 10.6. The Bertz CT molecular complexity index is 1440. The quantitative estimate of drug-likeness (QED) is 0.424. The molecule has 0 unspecified atom stereocenters. The summed E-state index contributed by atoms with van der Waals surface area (Å²) >= 11 is 0. The van der Waals surface area contributed by atoms with Gasteiger partial charge in [-0.25, -0.2) is 9.80 Å². The van der Waals surface area contributed by atoms with Gasteiger partial charge in [0.05, 0.1) is 33.6 Å². The maximum atomic E-state index is 13.0. The van der Waals surface area contributed by atoms with Crippen molar-refractivity contribution in [1.29, 1.82) is 0 Å². The van der Waals surface area contributed by atoms with E-state index in [1.807, 2.05) is 0 Å². The van der Waals surface area contributed by atoms with Crippen LogP contribution in [-0.2, 0) is 0 Å². The summed E-state index contributed by atoms with van der Waals surface area (Å²) in [7, 11) is 0. The van der Waals surface area contributed by atoms with Crippen molar-refractivity contribution < 1.29 is 23.9 Å². The summed E-state index contributed by atoms with van der Waals surface area (Å²) in [6.07, 6.45) is 6.01. The summed E-state index contributed by atoms with van der Waals surface area (Å²) in [5, 5.41) is 0. The summed E-state index contributed by atoms with van der Waals surface area (Å²) in [5.41, 5.74) is 1.80. The summed E-state index contributed by atoms with van der Waals surface area (Å²) in [4.78, 5) is 61.5. The third-order valence-electron chi connectivity index (χ3n) is 5.79. The van der Waals surface area contributed by atoms with E-state index < -0.39 is 23.6 Å². The number of imide groups is 2. The monoisotopic (exact) mass is 462 g/mol. The largest absolute Gasteiger partial charge is 0.457 e. The molecule has 168 valence electrons. The standard InChI is InChI=1S/C26H14N4O5/c31-23-19-3-1-17(13-21(19)25(33)29(23)15-5-9-27-10-6-15)35-18-2-4-20-22(14-18)26(34)30(24(20)32)16-7-11-28-12-8-16/h1-14H. The van der Waals surface area contributed by atoms with Crippen LogP contribution in [0.1, 0.15) is 41.4 Å². The van der Waals surface area contributed by atoms with Crippen LogP contribution in [0.15, 0.2) is 85.5 Å². The highest BCUT2D eigenvalue weighted by molar-refractivity contribution is 6.35. The molecule has 0 saturated carbocycles. The molecule has 0 N–H and O–H groups in total. The maximum absolute atomic E-state index is 13.0. The number of anilines is 2. The topological polar surface area (TPSA) is 110 Å². The molecule has 0 radical (unpaired) electrons. The average molecular weight is 462 g/mol. The van der Waals surface area contributed by atoms with Gasteiger partial charge in [-0.3, -0.25) is 29.1 Å². The second kappa shape index (κ2) is 7.70. The summed E-state index contributed by atoms with van der Waals surface area (Å²) in [6, 6.07) is 15.5. The van der Waals surface area contributed by atoms with Gasteiger partial charge < -0.3 is 4.74 Å². The molecule has 4 amide bonds. The van der Waals surface area contributed by atoms with Gasteiger partial charge in [-0.1, -0.05) is 0 Å². The lowest BCUT2D eigenvalue weighted by molar-refractivity contribution is 0.0910. The van der Waals surface area contributed by atoms with Crippen LogP contribution in [-0.4, -0.2) is 33.6 Å². The number of aromatic nitrogens is 2. The van der Waals surface area contributed by atoms with Crippen molar-refractivity contribution >= 4 is 35.0 Å². The third-order valence-corrected chi connectivity index (χ3v) is 5.79. The highest BCUT2D eigenvalue weighted by Crippen LogP contribution is 2.34. The van der Waals surface area contributed by atoms with Crippen LogP contribution < -0.4 is 14.5 Å². The van der Waals surface area contributed by atoms with Gasteiger partial charge in [-0.15, -0.1) is 0 Å². The number of benzene rings is 2. The number of carbonyl (C=O) groups excluding carboxylic acids is 4. The minimum atomic E-state index is -0.468. The van der Waals surface area contributed by atoms with Crippen molar-refractivity contribution in [2.45, 2.75) is 0 Å². The molecule has 0 atom stereocenters. The number of rotatable bonds is 4. The van der Waals surface area contributed by atoms with Crippen LogP contribution >= 0.6 is 0 Å². The van der Waals surface area contributed by atoms with E-state index in [4.69, 9.17) is 4.74 Å². The lowest BCUT2D eigenvalue weighted by Gasteiger charge is -2.12. The fraction of sp³-hybridized carbons (Fsp3) is 0. The van der Waals surface area contributed by atoms with Gasteiger partial charge in [0.1, 0.15) is 11.5 Å². The lowest BCUT2D eigenvalue weighted by Crippen LogP contribution is -2.29. The van der Waals surface area contributed by atoms with Crippen molar-refractivity contribution in [3.05, 3.63) is 108 Å². The second-order valence-electron chi connectivity index (χ2n) is 7.82. The van der Waals surface area contributed by atoms with Gasteiger partial charge >= 0.3 is 0 Å². The minimum Gasteiger partial charge on any atom is -0.457 e. The Morgan fingerprint density at radius 1 is 0.486 bits per heavy atom. The molecule has 2 aromatic heterocycles. The number of hydrogen-bond acceptors (Lipinski definition) is 7. The van der Waals surface area contributed by atoms with Gasteiger partial charge in [0.15, 0.2) is 0 Å². The molecule has 4 aromatic rings. The predicted molar refractivity (Wildman–Crippen MR) is 124 cm³/mol. The average Bonchev–Trinajstić information content (AvgIpc) is 3.28. The molecule has 35 heavy (non-hydrogen) atoms. The third kappa shape index (κ3) is 3.17. The number of amides is 4. The molecule has 2 aromatic carbocycles. The van der Waals surface area contributed by atoms with Gasteiger partial charge in [-0.2, -0.15) is 0 Å². The molecule has 9 heteroatoms. The number of pyridine rings is 2. The molecule has 0 aliphatic carbocycles. The molecular weight excluding hydrogens is 448 g/mol. The van der Waals surface area contributed by atoms with Gasteiger partial charge in [0.2, 0.25) is 0 Å². The van der Waals surface area contributed by atoms with Crippen LogP contribution in [0.2, 0.25) is 0 Å². The molecule has 9 nitrogen and oxygen atoms in total. The van der Waals surface area contributed by atoms with Gasteiger partial charge in [0.25, 0.3) is 23.6 Å². The van der Waals surface area contributed by atoms with Crippen molar-refractivity contribution in [3.63, 3.8) is 0 Å². The highest BCUT2D eigenvalue weighted by Gasteiger charge is 2.38. The van der Waals surface area contributed by atoms with E-state index in [9.17, 15) is 19.2 Å². The first-order chi connectivity index (χ1) is 17.0. The number of fused-ring (bicyclic) bond motifs is 2. The molecule has 2 aliphatic rings. The zero-order valence-corrected chi connectivity index (χ0v) is 17.9. The van der Waals surface area contributed by atoms with Crippen molar-refractivity contribution in [2.75, 3.05) is 9.80 Å². The van der Waals surface area contributed by atoms with E-state index in [0.717, 1.165) is 9.80 Å². The van der Waals surface area contributed by atoms with E-state index in [1.54, 1.807) is 36.4 Å². The SMILES string of the molecule is O=C1c2ccc(Oc3ccc4c(c3)C(=O)N(c3ccncc3)C4=O)cc2C(=O)N1c1ccncc1. The second-order valence-corrected chi connectivity index (χ2v) is 7.82. The zero-order valence-electron chi connectivity index (χ0n) is 17.9. The number of nitrogens with zero attached hydrogens (tertiary/aromatic N) is 4. The van der Waals surface area contributed by atoms with Crippen LogP contribution in [0.3, 0.4) is 0 Å². The molecule has 2 aliphatic heterocycles. The summed E-state index contributed by atoms with van der Waals surface area (Å²) < 4.78 is 5.89. The first kappa shape index (κ1) is 20.4. The Hall–Kier alpha value is -5.18. The molecule has 0 spiro atoms. The van der Waals surface area contributed by atoms with E-state index in [2.05, 4.69) is 9.97 Å². The maximum Gasteiger partial charge on any atom is 0.266 e. The molecule has 0 fully saturated rings. The molecule has 0 saturated heterocycles. The normalized spacial score (nSPS) is 14.4. The Labute approximate surface area is 198 Å². The fourth-order valence-electron chi connectivity index (χ4n) is 4.16. The Morgan fingerprint density at radius 3 is 1.26 bits per heavy atom. The minimum absolute atomic E-state index is 0.209. The van der Waals surface area contributed by atoms with Crippen LogP contribution in [0.4, 0.5) is 11.4 Å². The van der Waals surface area contributed by atoms with Crippen LogP contribution in [0, 0.1) is 0 Å². The summed E-state index contributed by atoms with van der Waals surface area (Å²) in [6.45, 7) is 0. The van der Waals surface area contributed by atoms with Gasteiger partial charge in [-0.05, 0) is 60.7 Å². The van der Waals surface area contributed by atoms with E-state index in [1.165, 1.54) is 49.1 Å². The van der Waals surface area contributed by atoms with E-state index in [-0.39, 0.29) is 22.3 Å². The fourth-order valence-corrected chi connectivity index (χ4v) is 4.16. The molecule has 4 heterocycles. The van der Waals surface area contributed by atoms with Gasteiger partial charge in [0, 0.05) is 24.8 Å². The molecule has 0 bridgehead atoms. The summed E-state index contributed by atoms with van der Waals surface area (Å²) in [5.74, 6) is -1.18. The first-order valence-electron chi connectivity index (χ1n) is 10.6. The van der Waals surface area contributed by atoms with Crippen molar-refractivity contribution in [3.8, 4) is 11.5 Å². The Morgan fingerprint density at radius 2 is 0.857 bits per heavy atom.